The lowest BCUT2D eigenvalue weighted by Gasteiger charge is -2.32. The maximum atomic E-state index is 14.7. The Morgan fingerprint density at radius 3 is 2.00 bits per heavy atom. The lowest BCUT2D eigenvalue weighted by atomic mass is 9.70. The van der Waals surface area contributed by atoms with Gasteiger partial charge < -0.3 is 14.2 Å². The Kier molecular flexibility index (Phi) is 8.99. The van der Waals surface area contributed by atoms with Gasteiger partial charge in [0.25, 0.3) is 5.91 Å². The number of hydrogen-bond acceptors (Lipinski definition) is 7. The summed E-state index contributed by atoms with van der Waals surface area (Å²) in [5.41, 5.74) is -4.51. The molecule has 1 unspecified atom stereocenters. The molecule has 2 aromatic rings. The van der Waals surface area contributed by atoms with E-state index < -0.39 is 52.0 Å². The molecular weight excluding hydrogens is 565 g/mol. The maximum Gasteiger partial charge on any atom is 0.421 e. The molecular formula is C32H37ClFNO7. The zero-order valence-corrected chi connectivity index (χ0v) is 26.1. The molecule has 10 heteroatoms. The smallest absolute Gasteiger partial charge is 0.421 e. The fraction of sp³-hybridized carbons (Fsp3) is 0.438. The standard InChI is InChI=1S/C32H37ClFNO7/c1-29(2,3)40-25(36)17-21(26(37)41-30(4,5)6)32(18-19-14-15-23(34)22(33)16-19)20-12-10-11-13-24(20)35(27(32)38)28(39)42-31(7,8)9/h10-17H,18H2,1-9H3/b21-17+. The third kappa shape index (κ3) is 7.37. The summed E-state index contributed by atoms with van der Waals surface area (Å²) >= 11 is 6.09. The van der Waals surface area contributed by atoms with Crippen LogP contribution in [0, 0.1) is 5.82 Å². The highest BCUT2D eigenvalue weighted by atomic mass is 35.5. The van der Waals surface area contributed by atoms with Crippen LogP contribution in [0.2, 0.25) is 5.02 Å². The van der Waals surface area contributed by atoms with Crippen LogP contribution in [-0.4, -0.2) is 40.7 Å². The highest BCUT2D eigenvalue weighted by molar-refractivity contribution is 6.30. The number of fused-ring (bicyclic) bond motifs is 1. The summed E-state index contributed by atoms with van der Waals surface area (Å²) in [5, 5.41) is -0.208. The number of halogens is 2. The first-order valence-electron chi connectivity index (χ1n) is 13.4. The number of hydrogen-bond donors (Lipinski definition) is 0. The number of rotatable bonds is 5. The SMILES string of the molecule is CC(C)(C)OC(=O)/C=C(\C(=O)OC(C)(C)C)C1(Cc2ccc(F)c(Cl)c2)C(=O)N(C(=O)OC(C)(C)C)c2ccccc21. The maximum absolute atomic E-state index is 14.7. The Hall–Kier alpha value is -3.72. The minimum absolute atomic E-state index is 0.156. The van der Waals surface area contributed by atoms with E-state index in [0.29, 0.717) is 5.56 Å². The number of amides is 2. The second-order valence-electron chi connectivity index (χ2n) is 13.1. The second kappa shape index (κ2) is 11.5. The highest BCUT2D eigenvalue weighted by Gasteiger charge is 2.58. The van der Waals surface area contributed by atoms with Gasteiger partial charge in [0.1, 0.15) is 28.0 Å². The number of carbonyl (C=O) groups is 4. The van der Waals surface area contributed by atoms with Crippen molar-refractivity contribution in [2.75, 3.05) is 4.90 Å². The summed E-state index contributed by atoms with van der Waals surface area (Å²) in [4.78, 5) is 56.2. The van der Waals surface area contributed by atoms with Gasteiger partial charge in [0, 0.05) is 6.08 Å². The summed E-state index contributed by atoms with van der Waals surface area (Å²) in [6, 6.07) is 10.2. The van der Waals surface area contributed by atoms with E-state index in [4.69, 9.17) is 25.8 Å². The van der Waals surface area contributed by atoms with Crippen molar-refractivity contribution in [3.63, 3.8) is 0 Å². The molecule has 1 heterocycles. The van der Waals surface area contributed by atoms with Gasteiger partial charge in [0.2, 0.25) is 0 Å². The number of ether oxygens (including phenoxy) is 3. The molecule has 0 radical (unpaired) electrons. The molecule has 42 heavy (non-hydrogen) atoms. The Morgan fingerprint density at radius 2 is 1.45 bits per heavy atom. The van der Waals surface area contributed by atoms with Crippen molar-refractivity contribution < 1.29 is 37.8 Å². The van der Waals surface area contributed by atoms with Gasteiger partial charge in [-0.15, -0.1) is 0 Å². The van der Waals surface area contributed by atoms with Crippen LogP contribution in [0.15, 0.2) is 54.1 Å². The van der Waals surface area contributed by atoms with Gasteiger partial charge >= 0.3 is 18.0 Å². The third-order valence-electron chi connectivity index (χ3n) is 5.95. The molecule has 0 aromatic heterocycles. The molecule has 0 spiro atoms. The molecule has 1 atom stereocenters. The zero-order chi connectivity index (χ0) is 31.8. The molecule has 0 bridgehead atoms. The van der Waals surface area contributed by atoms with Gasteiger partial charge in [-0.2, -0.15) is 0 Å². The zero-order valence-electron chi connectivity index (χ0n) is 25.4. The summed E-state index contributed by atoms with van der Waals surface area (Å²) in [6.45, 7) is 14.8. The Morgan fingerprint density at radius 1 is 0.881 bits per heavy atom. The first-order valence-corrected chi connectivity index (χ1v) is 13.8. The predicted molar refractivity (Wildman–Crippen MR) is 157 cm³/mol. The second-order valence-corrected chi connectivity index (χ2v) is 13.5. The van der Waals surface area contributed by atoms with Crippen LogP contribution in [0.3, 0.4) is 0 Å². The van der Waals surface area contributed by atoms with Crippen molar-refractivity contribution in [2.45, 2.75) is 91.0 Å². The molecule has 0 N–H and O–H groups in total. The molecule has 0 fully saturated rings. The van der Waals surface area contributed by atoms with Crippen molar-refractivity contribution >= 4 is 41.2 Å². The molecule has 0 saturated heterocycles. The van der Waals surface area contributed by atoms with E-state index in [1.807, 2.05) is 0 Å². The van der Waals surface area contributed by atoms with Gasteiger partial charge in [-0.05, 0) is 98.1 Å². The van der Waals surface area contributed by atoms with E-state index in [-0.39, 0.29) is 28.3 Å². The Labute approximate surface area is 250 Å². The molecule has 8 nitrogen and oxygen atoms in total. The summed E-state index contributed by atoms with van der Waals surface area (Å²) in [7, 11) is 0. The van der Waals surface area contributed by atoms with Crippen LogP contribution in [0.25, 0.3) is 0 Å². The molecule has 1 aliphatic rings. The number of imide groups is 1. The first-order chi connectivity index (χ1) is 19.1. The molecule has 0 saturated carbocycles. The van der Waals surface area contributed by atoms with Gasteiger partial charge in [-0.1, -0.05) is 35.9 Å². The van der Waals surface area contributed by atoms with Gasteiger partial charge in [-0.25, -0.2) is 23.7 Å². The van der Waals surface area contributed by atoms with Crippen LogP contribution in [-0.2, 0) is 40.4 Å². The highest BCUT2D eigenvalue weighted by Crippen LogP contribution is 2.49. The third-order valence-corrected chi connectivity index (χ3v) is 6.24. The quantitative estimate of drug-likeness (QED) is 0.210. The van der Waals surface area contributed by atoms with E-state index in [1.54, 1.807) is 80.5 Å². The Bertz CT molecular complexity index is 1450. The number of benzene rings is 2. The molecule has 2 amide bonds. The molecule has 226 valence electrons. The van der Waals surface area contributed by atoms with Crippen molar-refractivity contribution in [3.05, 3.63) is 76.1 Å². The monoisotopic (exact) mass is 601 g/mol. The van der Waals surface area contributed by atoms with E-state index in [1.165, 1.54) is 18.2 Å². The normalized spacial score (nSPS) is 17.5. The average molecular weight is 602 g/mol. The molecule has 2 aromatic carbocycles. The van der Waals surface area contributed by atoms with Gasteiger partial charge in [0.05, 0.1) is 16.3 Å². The lowest BCUT2D eigenvalue weighted by Crippen LogP contribution is -2.49. The van der Waals surface area contributed by atoms with Crippen LogP contribution in [0.1, 0.15) is 73.4 Å². The summed E-state index contributed by atoms with van der Waals surface area (Å²) < 4.78 is 30.9. The number of anilines is 1. The van der Waals surface area contributed by atoms with Gasteiger partial charge in [0.15, 0.2) is 0 Å². The summed E-state index contributed by atoms with van der Waals surface area (Å²) in [6.07, 6.45) is -0.326. The fourth-order valence-electron chi connectivity index (χ4n) is 4.55. The summed E-state index contributed by atoms with van der Waals surface area (Å²) in [5.74, 6) is -3.42. The van der Waals surface area contributed by atoms with Crippen molar-refractivity contribution in [1.82, 2.24) is 0 Å². The van der Waals surface area contributed by atoms with E-state index >= 15 is 0 Å². The van der Waals surface area contributed by atoms with E-state index in [2.05, 4.69) is 0 Å². The predicted octanol–water partition coefficient (Wildman–Crippen LogP) is 6.85. The van der Waals surface area contributed by atoms with E-state index in [9.17, 15) is 23.6 Å². The topological polar surface area (TPSA) is 99.2 Å². The molecule has 1 aliphatic heterocycles. The Balaban J connectivity index is 2.40. The minimum Gasteiger partial charge on any atom is -0.457 e. The lowest BCUT2D eigenvalue weighted by molar-refractivity contribution is -0.153. The van der Waals surface area contributed by atoms with E-state index in [0.717, 1.165) is 17.0 Å². The van der Waals surface area contributed by atoms with Crippen LogP contribution < -0.4 is 4.90 Å². The largest absolute Gasteiger partial charge is 0.457 e. The number of para-hydroxylation sites is 1. The number of esters is 2. The van der Waals surface area contributed by atoms with Crippen molar-refractivity contribution in [3.8, 4) is 0 Å². The van der Waals surface area contributed by atoms with Gasteiger partial charge in [-0.3, -0.25) is 4.79 Å². The van der Waals surface area contributed by atoms with Crippen LogP contribution in [0.4, 0.5) is 14.9 Å². The number of carbonyl (C=O) groups excluding carboxylic acids is 4. The minimum atomic E-state index is -1.99. The van der Waals surface area contributed by atoms with Crippen molar-refractivity contribution in [1.29, 1.82) is 0 Å². The molecule has 3 rings (SSSR count). The average Bonchev–Trinajstić information content (AvgIpc) is 3.05. The fourth-order valence-corrected chi connectivity index (χ4v) is 4.76. The van der Waals surface area contributed by atoms with Crippen molar-refractivity contribution in [2.24, 2.45) is 0 Å². The number of nitrogens with zero attached hydrogens (tertiary/aromatic N) is 1. The van der Waals surface area contributed by atoms with Crippen LogP contribution in [0.5, 0.6) is 0 Å². The molecule has 0 aliphatic carbocycles. The van der Waals surface area contributed by atoms with Crippen LogP contribution >= 0.6 is 11.6 Å². The first kappa shape index (κ1) is 32.8.